The van der Waals surface area contributed by atoms with Gasteiger partial charge in [0.15, 0.2) is 0 Å². The Kier molecular flexibility index (Phi) is 5.22. The molecule has 0 aliphatic heterocycles. The molecule has 0 heterocycles. The molecule has 2 nitrogen and oxygen atoms in total. The van der Waals surface area contributed by atoms with Crippen LogP contribution in [0.2, 0.25) is 0 Å². The summed E-state index contributed by atoms with van der Waals surface area (Å²) in [4.78, 5) is 13.6. The van der Waals surface area contributed by atoms with Crippen LogP contribution in [0.4, 0.5) is 0 Å². The molecule has 0 spiro atoms. The van der Waals surface area contributed by atoms with E-state index in [1.54, 1.807) is 0 Å². The number of rotatable bonds is 3. The zero-order chi connectivity index (χ0) is 21.1. The van der Waals surface area contributed by atoms with E-state index >= 15 is 0 Å². The van der Waals surface area contributed by atoms with Crippen LogP contribution in [0.5, 0.6) is 0 Å². The van der Waals surface area contributed by atoms with Crippen molar-refractivity contribution in [3.8, 4) is 0 Å². The minimum Gasteiger partial charge on any atom is -0.392 e. The van der Waals surface area contributed by atoms with Gasteiger partial charge in [0, 0.05) is 23.5 Å². The van der Waals surface area contributed by atoms with Gasteiger partial charge in [-0.25, -0.2) is 0 Å². The van der Waals surface area contributed by atoms with Gasteiger partial charge >= 0.3 is 0 Å². The first kappa shape index (κ1) is 20.8. The highest BCUT2D eigenvalue weighted by molar-refractivity contribution is 7.99. The summed E-state index contributed by atoms with van der Waals surface area (Å²) in [7, 11) is 0. The molecule has 3 saturated carbocycles. The number of aliphatic hydroxyl groups is 1. The lowest BCUT2D eigenvalue weighted by molar-refractivity contribution is -0.118. The molecule has 0 aromatic heterocycles. The zero-order valence-corrected chi connectivity index (χ0v) is 19.5. The predicted octanol–water partition coefficient (Wildman–Crippen LogP) is 6.21. The van der Waals surface area contributed by atoms with Gasteiger partial charge < -0.3 is 5.11 Å². The van der Waals surface area contributed by atoms with Gasteiger partial charge in [-0.05, 0) is 85.7 Å². The van der Waals surface area contributed by atoms with Gasteiger partial charge in [0.2, 0.25) is 0 Å². The number of hydrogen-bond acceptors (Lipinski definition) is 3. The first-order chi connectivity index (χ1) is 14.3. The molecule has 4 aliphatic carbocycles. The van der Waals surface area contributed by atoms with Crippen molar-refractivity contribution in [2.75, 3.05) is 5.75 Å². The van der Waals surface area contributed by atoms with Crippen LogP contribution >= 0.6 is 11.8 Å². The van der Waals surface area contributed by atoms with E-state index in [4.69, 9.17) is 0 Å². The molecule has 5 rings (SSSR count). The van der Waals surface area contributed by atoms with Gasteiger partial charge in [-0.1, -0.05) is 43.2 Å². The highest BCUT2D eigenvalue weighted by Gasteiger charge is 2.58. The summed E-state index contributed by atoms with van der Waals surface area (Å²) >= 11 is 1.90. The first-order valence-corrected chi connectivity index (χ1v) is 12.9. The maximum Gasteiger partial charge on any atom is 0.133 e. The number of aryl methyl sites for hydroxylation is 1. The van der Waals surface area contributed by atoms with Crippen LogP contribution in [0.3, 0.4) is 0 Å². The second-order valence-electron chi connectivity index (χ2n) is 11.2. The summed E-state index contributed by atoms with van der Waals surface area (Å²) in [6, 6.07) is 8.76. The molecule has 0 saturated heterocycles. The summed E-state index contributed by atoms with van der Waals surface area (Å²) < 4.78 is 0. The van der Waals surface area contributed by atoms with Crippen LogP contribution in [-0.2, 0) is 4.79 Å². The number of fused-ring (bicyclic) bond motifs is 5. The van der Waals surface area contributed by atoms with E-state index in [2.05, 4.69) is 51.1 Å². The molecule has 1 unspecified atom stereocenters. The molecule has 0 amide bonds. The van der Waals surface area contributed by atoms with Gasteiger partial charge in [0.05, 0.1) is 6.10 Å². The second-order valence-corrected chi connectivity index (χ2v) is 12.3. The molecule has 3 fully saturated rings. The van der Waals surface area contributed by atoms with Crippen molar-refractivity contribution < 1.29 is 9.90 Å². The fourth-order valence-electron chi connectivity index (χ4n) is 7.62. The first-order valence-electron chi connectivity index (χ1n) is 11.9. The lowest BCUT2D eigenvalue weighted by atomic mass is 9.47. The average Bonchev–Trinajstić information content (AvgIpc) is 3.02. The van der Waals surface area contributed by atoms with E-state index in [1.807, 2.05) is 11.8 Å². The lowest BCUT2D eigenvalue weighted by Gasteiger charge is -2.58. The van der Waals surface area contributed by atoms with Crippen LogP contribution in [0, 0.1) is 41.4 Å². The predicted molar refractivity (Wildman–Crippen MR) is 123 cm³/mol. The number of Topliss-reactive ketones (excluding diaryl/α,β-unsaturated/α-hetero) is 1. The highest BCUT2D eigenvalue weighted by Crippen LogP contribution is 2.64. The van der Waals surface area contributed by atoms with E-state index in [-0.39, 0.29) is 16.9 Å². The van der Waals surface area contributed by atoms with Crippen molar-refractivity contribution in [3.05, 3.63) is 41.5 Å². The van der Waals surface area contributed by atoms with Gasteiger partial charge in [-0.3, -0.25) is 4.79 Å². The Labute approximate surface area is 185 Å². The number of aliphatic hydroxyl groups excluding tert-OH is 1. The molecule has 1 aromatic carbocycles. The Morgan fingerprint density at radius 2 is 1.90 bits per heavy atom. The zero-order valence-electron chi connectivity index (χ0n) is 18.7. The summed E-state index contributed by atoms with van der Waals surface area (Å²) in [6.07, 6.45) is 9.40. The van der Waals surface area contributed by atoms with Gasteiger partial charge in [-0.2, -0.15) is 0 Å². The monoisotopic (exact) mass is 424 g/mol. The van der Waals surface area contributed by atoms with Crippen LogP contribution in [-0.4, -0.2) is 22.7 Å². The Morgan fingerprint density at radius 1 is 1.13 bits per heavy atom. The largest absolute Gasteiger partial charge is 0.392 e. The number of hydrogen-bond donors (Lipinski definition) is 1. The third-order valence-electron chi connectivity index (χ3n) is 9.34. The molecular formula is C27H36O2S. The summed E-state index contributed by atoms with van der Waals surface area (Å²) in [6.45, 7) is 7.00. The number of allylic oxidation sites excluding steroid dienone is 1. The van der Waals surface area contributed by atoms with Crippen molar-refractivity contribution in [3.63, 3.8) is 0 Å². The maximum absolute atomic E-state index is 12.3. The standard InChI is InChI=1S/C27H36O2S/c1-17-4-7-21(8-5-17)30-16-18-14-27(3)19(12-25(18)29)6-9-22-23(27)10-11-26(2)15-20(28)13-24(22)26/h4-8,18,22-25,29H,9-16H2,1-3H3/t18?,22-,23+,24+,25-,26-,27+/m1/s1. The van der Waals surface area contributed by atoms with Gasteiger partial charge in [0.25, 0.3) is 0 Å². The molecule has 30 heavy (non-hydrogen) atoms. The minimum atomic E-state index is -0.222. The Morgan fingerprint density at radius 3 is 2.67 bits per heavy atom. The fourth-order valence-corrected chi connectivity index (χ4v) is 8.69. The summed E-state index contributed by atoms with van der Waals surface area (Å²) in [5.74, 6) is 3.74. The Balaban J connectivity index is 1.35. The van der Waals surface area contributed by atoms with Crippen LogP contribution < -0.4 is 0 Å². The van der Waals surface area contributed by atoms with Crippen LogP contribution in [0.25, 0.3) is 0 Å². The third-order valence-corrected chi connectivity index (χ3v) is 10.5. The van der Waals surface area contributed by atoms with Crippen molar-refractivity contribution >= 4 is 17.5 Å². The number of ketones is 1. The normalized spacial score (nSPS) is 42.9. The maximum atomic E-state index is 12.3. The Hall–Kier alpha value is -1.06. The smallest absolute Gasteiger partial charge is 0.133 e. The van der Waals surface area contributed by atoms with E-state index < -0.39 is 0 Å². The quantitative estimate of drug-likeness (QED) is 0.463. The number of benzene rings is 1. The second kappa shape index (κ2) is 7.52. The van der Waals surface area contributed by atoms with Gasteiger partial charge in [-0.15, -0.1) is 11.8 Å². The average molecular weight is 425 g/mol. The summed E-state index contributed by atoms with van der Waals surface area (Å²) in [5.41, 5.74) is 3.26. The highest BCUT2D eigenvalue weighted by atomic mass is 32.2. The molecule has 7 atom stereocenters. The molecular weight excluding hydrogens is 388 g/mol. The SMILES string of the molecule is Cc1ccc(SCC2C[C@@]3(C)C(=CC[C@H]4[C@@H]5CC(=O)C[C@@]5(C)CC[C@@H]43)C[C@H]2O)cc1. The minimum absolute atomic E-state index is 0.202. The third kappa shape index (κ3) is 3.41. The molecule has 0 radical (unpaired) electrons. The number of thioether (sulfide) groups is 1. The molecule has 0 bridgehead atoms. The summed E-state index contributed by atoms with van der Waals surface area (Å²) in [5, 5.41) is 11.0. The van der Waals surface area contributed by atoms with E-state index in [9.17, 15) is 9.90 Å². The Bertz CT molecular complexity index is 858. The van der Waals surface area contributed by atoms with Crippen LogP contribution in [0.1, 0.15) is 64.4 Å². The van der Waals surface area contributed by atoms with Crippen LogP contribution in [0.15, 0.2) is 40.8 Å². The van der Waals surface area contributed by atoms with E-state index in [0.29, 0.717) is 29.5 Å². The number of carbonyl (C=O) groups is 1. The van der Waals surface area contributed by atoms with Crippen molar-refractivity contribution in [1.82, 2.24) is 0 Å². The number of carbonyl (C=O) groups excluding carboxylic acids is 1. The van der Waals surface area contributed by atoms with Crippen molar-refractivity contribution in [2.45, 2.75) is 76.7 Å². The molecule has 1 N–H and O–H groups in total. The molecule has 162 valence electrons. The fraction of sp³-hybridized carbons (Fsp3) is 0.667. The molecule has 1 aromatic rings. The van der Waals surface area contributed by atoms with E-state index in [1.165, 1.54) is 28.9 Å². The molecule has 3 heteroatoms. The van der Waals surface area contributed by atoms with E-state index in [0.717, 1.165) is 37.9 Å². The van der Waals surface area contributed by atoms with Gasteiger partial charge in [0.1, 0.15) is 5.78 Å². The topological polar surface area (TPSA) is 37.3 Å². The molecule has 4 aliphatic rings. The van der Waals surface area contributed by atoms with Crippen molar-refractivity contribution in [2.24, 2.45) is 34.5 Å². The lowest BCUT2D eigenvalue weighted by Crippen LogP contribution is -2.51. The van der Waals surface area contributed by atoms with Crippen molar-refractivity contribution in [1.29, 1.82) is 0 Å².